The van der Waals surface area contributed by atoms with E-state index in [-0.39, 0.29) is 17.5 Å². The number of rotatable bonds is 9. The number of para-hydroxylation sites is 1. The van der Waals surface area contributed by atoms with Crippen LogP contribution in [0.3, 0.4) is 0 Å². The number of aromatic nitrogens is 2. The first-order chi connectivity index (χ1) is 18.4. The molecule has 1 fully saturated rings. The van der Waals surface area contributed by atoms with Gasteiger partial charge < -0.3 is 4.74 Å². The molecule has 4 aromatic rings. The zero-order valence-corrected chi connectivity index (χ0v) is 22.1. The lowest BCUT2D eigenvalue weighted by Crippen LogP contribution is -2.42. The van der Waals surface area contributed by atoms with E-state index in [2.05, 4.69) is 10.3 Å². The Kier molecular flexibility index (Phi) is 7.90. The molecule has 0 spiro atoms. The third-order valence-electron chi connectivity index (χ3n) is 6.26. The number of hydrogen-bond acceptors (Lipinski definition) is 5. The fourth-order valence-electron chi connectivity index (χ4n) is 4.34. The highest BCUT2D eigenvalue weighted by atomic mass is 35.5. The van der Waals surface area contributed by atoms with Crippen LogP contribution in [-0.2, 0) is 19.6 Å². The number of carbonyl (C=O) groups excluding carboxylic acids is 1. The maximum Gasteiger partial charge on any atom is 0.243 e. The van der Waals surface area contributed by atoms with E-state index in [0.717, 1.165) is 28.4 Å². The molecule has 0 aliphatic carbocycles. The first kappa shape index (κ1) is 26.1. The Balaban J connectivity index is 1.43. The first-order valence-corrected chi connectivity index (χ1v) is 14.1. The summed E-state index contributed by atoms with van der Waals surface area (Å²) in [6.45, 7) is 0.246. The van der Waals surface area contributed by atoms with Crippen LogP contribution >= 0.6 is 11.6 Å². The third kappa shape index (κ3) is 5.97. The summed E-state index contributed by atoms with van der Waals surface area (Å²) >= 11 is 5.96. The Labute approximate surface area is 226 Å². The molecule has 0 saturated carbocycles. The molecule has 2 heterocycles. The molecule has 1 amide bonds. The van der Waals surface area contributed by atoms with Crippen LogP contribution in [0.25, 0.3) is 16.9 Å². The molecule has 0 radical (unpaired) electrons. The summed E-state index contributed by atoms with van der Waals surface area (Å²) in [6.07, 6.45) is 3.14. The SMILES string of the molecule is O=C(CN(CC1CCCO1)S(=O)(=O)c1ccc(Cl)cc1)Nc1nc(-c2ccccc2)cn1-c1ccccc1. The highest BCUT2D eigenvalue weighted by molar-refractivity contribution is 7.89. The zero-order valence-electron chi connectivity index (χ0n) is 20.5. The van der Waals surface area contributed by atoms with E-state index in [1.54, 1.807) is 4.57 Å². The van der Waals surface area contributed by atoms with Gasteiger partial charge >= 0.3 is 0 Å². The molecular formula is C28H27ClN4O4S. The standard InChI is InChI=1S/C28H27ClN4O4S/c29-22-13-15-25(16-14-22)38(35,36)32(18-24-12-7-17-37-24)20-27(34)31-28-30-26(21-8-3-1-4-9-21)19-33(28)23-10-5-2-6-11-23/h1-6,8-11,13-16,19,24H,7,12,17-18,20H2,(H,30,31,34). The van der Waals surface area contributed by atoms with Gasteiger partial charge in [0.1, 0.15) is 0 Å². The maximum atomic E-state index is 13.5. The molecule has 1 unspecified atom stereocenters. The van der Waals surface area contributed by atoms with Gasteiger partial charge in [-0.3, -0.25) is 14.7 Å². The van der Waals surface area contributed by atoms with Crippen molar-refractivity contribution in [3.05, 3.63) is 96.1 Å². The summed E-state index contributed by atoms with van der Waals surface area (Å²) in [7, 11) is -3.99. The van der Waals surface area contributed by atoms with Crippen LogP contribution in [0.1, 0.15) is 12.8 Å². The normalized spacial score (nSPS) is 15.6. The summed E-state index contributed by atoms with van der Waals surface area (Å²) in [5, 5.41) is 3.26. The van der Waals surface area contributed by atoms with Gasteiger partial charge in [-0.2, -0.15) is 4.31 Å². The highest BCUT2D eigenvalue weighted by Gasteiger charge is 2.31. The molecular weight excluding hydrogens is 524 g/mol. The monoisotopic (exact) mass is 550 g/mol. The summed E-state index contributed by atoms with van der Waals surface area (Å²) < 4.78 is 35.7. The predicted octanol–water partition coefficient (Wildman–Crippen LogP) is 5.00. The fraction of sp³-hybridized carbons (Fsp3) is 0.214. The Bertz CT molecular complexity index is 1490. The van der Waals surface area contributed by atoms with Crippen molar-refractivity contribution in [2.45, 2.75) is 23.8 Å². The molecule has 1 aliphatic rings. The van der Waals surface area contributed by atoms with Crippen molar-refractivity contribution in [2.75, 3.05) is 25.0 Å². The second kappa shape index (κ2) is 11.5. The minimum Gasteiger partial charge on any atom is -0.377 e. The Hall–Kier alpha value is -3.50. The van der Waals surface area contributed by atoms with Gasteiger partial charge in [0.05, 0.1) is 23.2 Å². The topological polar surface area (TPSA) is 93.5 Å². The molecule has 1 atom stereocenters. The summed E-state index contributed by atoms with van der Waals surface area (Å²) in [5.41, 5.74) is 2.38. The number of hydrogen-bond donors (Lipinski definition) is 1. The number of amides is 1. The van der Waals surface area contributed by atoms with Crippen molar-refractivity contribution in [3.8, 4) is 16.9 Å². The van der Waals surface area contributed by atoms with Gasteiger partial charge in [0.2, 0.25) is 21.9 Å². The van der Waals surface area contributed by atoms with Gasteiger partial charge in [0, 0.05) is 35.6 Å². The molecule has 38 heavy (non-hydrogen) atoms. The molecule has 1 N–H and O–H groups in total. The third-order valence-corrected chi connectivity index (χ3v) is 8.34. The van der Waals surface area contributed by atoms with Crippen LogP contribution in [-0.4, -0.2) is 54.0 Å². The van der Waals surface area contributed by atoms with E-state index in [9.17, 15) is 13.2 Å². The lowest BCUT2D eigenvalue weighted by molar-refractivity contribution is -0.116. The van der Waals surface area contributed by atoms with Crippen molar-refractivity contribution in [1.82, 2.24) is 13.9 Å². The molecule has 3 aromatic carbocycles. The maximum absolute atomic E-state index is 13.5. The van der Waals surface area contributed by atoms with Crippen LogP contribution in [0.15, 0.2) is 96.0 Å². The van der Waals surface area contributed by atoms with Crippen LogP contribution in [0.4, 0.5) is 5.95 Å². The smallest absolute Gasteiger partial charge is 0.243 e. The van der Waals surface area contributed by atoms with E-state index >= 15 is 0 Å². The van der Waals surface area contributed by atoms with Crippen molar-refractivity contribution in [3.63, 3.8) is 0 Å². The van der Waals surface area contributed by atoms with Gasteiger partial charge in [0.25, 0.3) is 0 Å². The number of carbonyl (C=O) groups is 1. The minimum absolute atomic E-state index is 0.0600. The molecule has 8 nitrogen and oxygen atoms in total. The number of ether oxygens (including phenoxy) is 1. The van der Waals surface area contributed by atoms with Gasteiger partial charge in [-0.25, -0.2) is 13.4 Å². The van der Waals surface area contributed by atoms with Crippen LogP contribution in [0.5, 0.6) is 0 Å². The Morgan fingerprint density at radius 1 is 1.03 bits per heavy atom. The van der Waals surface area contributed by atoms with Crippen molar-refractivity contribution in [2.24, 2.45) is 0 Å². The highest BCUT2D eigenvalue weighted by Crippen LogP contribution is 2.25. The molecule has 10 heteroatoms. The number of sulfonamides is 1. The minimum atomic E-state index is -3.99. The number of benzene rings is 3. The molecule has 196 valence electrons. The van der Waals surface area contributed by atoms with E-state index in [0.29, 0.717) is 23.3 Å². The van der Waals surface area contributed by atoms with Gasteiger partial charge in [0.15, 0.2) is 0 Å². The second-order valence-corrected chi connectivity index (χ2v) is 11.3. The lowest BCUT2D eigenvalue weighted by Gasteiger charge is -2.24. The van der Waals surface area contributed by atoms with Crippen LogP contribution in [0.2, 0.25) is 5.02 Å². The quantitative estimate of drug-likeness (QED) is 0.316. The largest absolute Gasteiger partial charge is 0.377 e. The fourth-order valence-corrected chi connectivity index (χ4v) is 5.90. The average Bonchev–Trinajstić information content (AvgIpc) is 3.60. The van der Waals surface area contributed by atoms with Gasteiger partial charge in [-0.05, 0) is 49.2 Å². The van der Waals surface area contributed by atoms with Crippen LogP contribution in [0, 0.1) is 0 Å². The Morgan fingerprint density at radius 2 is 1.71 bits per heavy atom. The lowest BCUT2D eigenvalue weighted by atomic mass is 10.2. The predicted molar refractivity (Wildman–Crippen MR) is 147 cm³/mol. The number of anilines is 1. The average molecular weight is 551 g/mol. The second-order valence-electron chi connectivity index (χ2n) is 8.96. The van der Waals surface area contributed by atoms with E-state index < -0.39 is 22.5 Å². The summed E-state index contributed by atoms with van der Waals surface area (Å²) in [5.74, 6) is -0.219. The van der Waals surface area contributed by atoms with E-state index in [4.69, 9.17) is 16.3 Å². The van der Waals surface area contributed by atoms with Gasteiger partial charge in [-0.15, -0.1) is 0 Å². The van der Waals surface area contributed by atoms with Crippen molar-refractivity contribution >= 4 is 33.5 Å². The van der Waals surface area contributed by atoms with E-state index in [1.165, 1.54) is 24.3 Å². The number of nitrogens with one attached hydrogen (secondary N) is 1. The van der Waals surface area contributed by atoms with Crippen molar-refractivity contribution in [1.29, 1.82) is 0 Å². The van der Waals surface area contributed by atoms with E-state index in [1.807, 2.05) is 66.9 Å². The zero-order chi connectivity index (χ0) is 26.5. The van der Waals surface area contributed by atoms with Gasteiger partial charge in [-0.1, -0.05) is 60.1 Å². The summed E-state index contributed by atoms with van der Waals surface area (Å²) in [4.78, 5) is 18.0. The van der Waals surface area contributed by atoms with Crippen LogP contribution < -0.4 is 5.32 Å². The summed E-state index contributed by atoms with van der Waals surface area (Å²) in [6, 6.07) is 25.0. The Morgan fingerprint density at radius 3 is 2.37 bits per heavy atom. The molecule has 5 rings (SSSR count). The first-order valence-electron chi connectivity index (χ1n) is 12.3. The number of imidazole rings is 1. The number of halogens is 1. The molecule has 1 aliphatic heterocycles. The molecule has 1 saturated heterocycles. The molecule has 0 bridgehead atoms. The molecule has 1 aromatic heterocycles. The number of nitrogens with zero attached hydrogens (tertiary/aromatic N) is 3. The van der Waals surface area contributed by atoms with Crippen molar-refractivity contribution < 1.29 is 17.9 Å².